The maximum absolute atomic E-state index is 13.6. The average Bonchev–Trinajstić information content (AvgIpc) is 2.60. The molecule has 0 spiro atoms. The Bertz CT molecular complexity index is 342. The Labute approximate surface area is 88.8 Å². The normalized spacial score (nSPS) is 30.7. The van der Waals surface area contributed by atoms with E-state index in [1.54, 1.807) is 12.1 Å². The Morgan fingerprint density at radius 3 is 2.73 bits per heavy atom. The van der Waals surface area contributed by atoms with Crippen LogP contribution in [0.1, 0.15) is 24.8 Å². The molecule has 0 amide bonds. The molecule has 2 rings (SSSR count). The molecule has 4 N–H and O–H groups in total. The zero-order valence-electron chi connectivity index (χ0n) is 8.70. The van der Waals surface area contributed by atoms with Crippen molar-refractivity contribution in [1.82, 2.24) is 10.9 Å². The topological polar surface area (TPSA) is 50.1 Å². The highest BCUT2D eigenvalue weighted by Gasteiger charge is 2.34. The van der Waals surface area contributed by atoms with Gasteiger partial charge in [-0.15, -0.1) is 0 Å². The van der Waals surface area contributed by atoms with Gasteiger partial charge in [0.25, 0.3) is 0 Å². The number of hydrogen-bond acceptors (Lipinski definition) is 3. The molecule has 0 radical (unpaired) electrons. The van der Waals surface area contributed by atoms with E-state index in [-0.39, 0.29) is 23.9 Å². The zero-order chi connectivity index (χ0) is 10.8. The number of nitrogens with two attached hydrogens (primary N) is 1. The van der Waals surface area contributed by atoms with Crippen LogP contribution in [0.4, 0.5) is 4.39 Å². The molecular formula is C11H16FN3. The van der Waals surface area contributed by atoms with Crippen LogP contribution in [0.25, 0.3) is 0 Å². The van der Waals surface area contributed by atoms with Crippen LogP contribution in [0.15, 0.2) is 24.3 Å². The van der Waals surface area contributed by atoms with E-state index in [4.69, 9.17) is 5.73 Å². The van der Waals surface area contributed by atoms with E-state index in [1.165, 1.54) is 6.07 Å². The minimum Gasteiger partial charge on any atom is -0.314 e. The van der Waals surface area contributed by atoms with Crippen LogP contribution in [0.2, 0.25) is 0 Å². The molecule has 1 saturated heterocycles. The van der Waals surface area contributed by atoms with E-state index in [9.17, 15) is 4.39 Å². The molecule has 15 heavy (non-hydrogen) atoms. The zero-order valence-corrected chi connectivity index (χ0v) is 8.70. The lowest BCUT2D eigenvalue weighted by atomic mass is 9.89. The lowest BCUT2D eigenvalue weighted by Crippen LogP contribution is -2.38. The Balaban J connectivity index is 2.32. The van der Waals surface area contributed by atoms with Crippen molar-refractivity contribution in [2.24, 2.45) is 5.73 Å². The largest absolute Gasteiger partial charge is 0.314 e. The molecule has 0 saturated carbocycles. The average molecular weight is 209 g/mol. The van der Waals surface area contributed by atoms with Crippen molar-refractivity contribution in [1.29, 1.82) is 0 Å². The van der Waals surface area contributed by atoms with Gasteiger partial charge in [-0.05, 0) is 18.1 Å². The summed E-state index contributed by atoms with van der Waals surface area (Å²) in [6.45, 7) is 2.06. The van der Waals surface area contributed by atoms with Crippen molar-refractivity contribution >= 4 is 0 Å². The maximum Gasteiger partial charge on any atom is 0.126 e. The second kappa shape index (κ2) is 4.26. The second-order valence-corrected chi connectivity index (χ2v) is 3.88. The minimum absolute atomic E-state index is 0.00352. The van der Waals surface area contributed by atoms with Gasteiger partial charge in [0.15, 0.2) is 0 Å². The summed E-state index contributed by atoms with van der Waals surface area (Å²) in [5.41, 5.74) is 12.6. The van der Waals surface area contributed by atoms with Crippen LogP contribution in [0, 0.1) is 5.82 Å². The molecular weight excluding hydrogens is 193 g/mol. The Morgan fingerprint density at radius 1 is 1.33 bits per heavy atom. The highest BCUT2D eigenvalue weighted by molar-refractivity contribution is 5.26. The first-order chi connectivity index (χ1) is 7.24. The first-order valence-electron chi connectivity index (χ1n) is 5.25. The van der Waals surface area contributed by atoms with Crippen LogP contribution in [-0.4, -0.2) is 12.2 Å². The van der Waals surface area contributed by atoms with Gasteiger partial charge in [-0.1, -0.05) is 25.1 Å². The summed E-state index contributed by atoms with van der Waals surface area (Å²) < 4.78 is 13.6. The number of rotatable bonds is 2. The van der Waals surface area contributed by atoms with Crippen LogP contribution in [0.5, 0.6) is 0 Å². The van der Waals surface area contributed by atoms with Crippen molar-refractivity contribution in [2.75, 3.05) is 0 Å². The summed E-state index contributed by atoms with van der Waals surface area (Å²) in [6, 6.07) is 7.01. The summed E-state index contributed by atoms with van der Waals surface area (Å²) in [7, 11) is 0. The predicted molar refractivity (Wildman–Crippen MR) is 57.5 cm³/mol. The lowest BCUT2D eigenvalue weighted by Gasteiger charge is -2.20. The van der Waals surface area contributed by atoms with Crippen LogP contribution >= 0.6 is 0 Å². The highest BCUT2D eigenvalue weighted by atomic mass is 19.1. The van der Waals surface area contributed by atoms with E-state index in [0.29, 0.717) is 5.56 Å². The fraction of sp³-hybridized carbons (Fsp3) is 0.455. The van der Waals surface area contributed by atoms with Gasteiger partial charge in [-0.25, -0.2) is 9.82 Å². The number of hydrazine groups is 1. The van der Waals surface area contributed by atoms with Crippen LogP contribution in [-0.2, 0) is 0 Å². The molecule has 1 aromatic carbocycles. The standard InChI is InChI=1S/C11H16FN3/c1-2-9-10(11(13)15-14-9)7-5-3-4-6-8(7)12/h3-6,9-11,14-15H,2,13H2,1H3. The minimum atomic E-state index is -0.230. The van der Waals surface area contributed by atoms with Gasteiger partial charge < -0.3 is 5.73 Å². The van der Waals surface area contributed by atoms with Gasteiger partial charge in [0.1, 0.15) is 5.82 Å². The molecule has 1 aliphatic rings. The van der Waals surface area contributed by atoms with E-state index in [2.05, 4.69) is 17.8 Å². The number of benzene rings is 1. The molecule has 3 atom stereocenters. The molecule has 0 bridgehead atoms. The van der Waals surface area contributed by atoms with Crippen molar-refractivity contribution in [2.45, 2.75) is 31.5 Å². The molecule has 3 unspecified atom stereocenters. The van der Waals surface area contributed by atoms with Gasteiger partial charge >= 0.3 is 0 Å². The van der Waals surface area contributed by atoms with Gasteiger partial charge in [-0.3, -0.25) is 5.43 Å². The smallest absolute Gasteiger partial charge is 0.126 e. The first kappa shape index (κ1) is 10.5. The quantitative estimate of drug-likeness (QED) is 0.683. The summed E-state index contributed by atoms with van der Waals surface area (Å²) >= 11 is 0. The van der Waals surface area contributed by atoms with Gasteiger partial charge in [0.05, 0.1) is 6.17 Å². The van der Waals surface area contributed by atoms with E-state index in [1.807, 2.05) is 6.07 Å². The fourth-order valence-electron chi connectivity index (χ4n) is 2.14. The van der Waals surface area contributed by atoms with E-state index < -0.39 is 0 Å². The number of hydrogen-bond donors (Lipinski definition) is 3. The Hall–Kier alpha value is -0.970. The summed E-state index contributed by atoms with van der Waals surface area (Å²) in [5.74, 6) is -0.182. The predicted octanol–water partition coefficient (Wildman–Crippen LogP) is 1.08. The van der Waals surface area contributed by atoms with Gasteiger partial charge in [0.2, 0.25) is 0 Å². The molecule has 1 heterocycles. The SMILES string of the molecule is CCC1NNC(N)C1c1ccccc1F. The van der Waals surface area contributed by atoms with E-state index >= 15 is 0 Å². The van der Waals surface area contributed by atoms with Gasteiger partial charge in [-0.2, -0.15) is 0 Å². The van der Waals surface area contributed by atoms with Crippen molar-refractivity contribution in [3.8, 4) is 0 Å². The number of nitrogens with one attached hydrogen (secondary N) is 2. The summed E-state index contributed by atoms with van der Waals surface area (Å²) in [6.07, 6.45) is 0.687. The Kier molecular flexibility index (Phi) is 3.00. The molecule has 0 aliphatic carbocycles. The van der Waals surface area contributed by atoms with Gasteiger partial charge in [0, 0.05) is 12.0 Å². The highest BCUT2D eigenvalue weighted by Crippen LogP contribution is 2.28. The molecule has 1 aliphatic heterocycles. The van der Waals surface area contributed by atoms with Crippen molar-refractivity contribution in [3.05, 3.63) is 35.6 Å². The van der Waals surface area contributed by atoms with Crippen molar-refractivity contribution in [3.63, 3.8) is 0 Å². The molecule has 1 aromatic rings. The summed E-state index contributed by atoms with van der Waals surface area (Å²) in [5, 5.41) is 0. The lowest BCUT2D eigenvalue weighted by molar-refractivity contribution is 0.487. The third kappa shape index (κ3) is 1.88. The third-order valence-corrected chi connectivity index (χ3v) is 2.96. The molecule has 82 valence electrons. The molecule has 0 aromatic heterocycles. The monoisotopic (exact) mass is 209 g/mol. The first-order valence-corrected chi connectivity index (χ1v) is 5.25. The number of halogens is 1. The van der Waals surface area contributed by atoms with E-state index in [0.717, 1.165) is 6.42 Å². The second-order valence-electron chi connectivity index (χ2n) is 3.88. The Morgan fingerprint density at radius 2 is 2.07 bits per heavy atom. The van der Waals surface area contributed by atoms with Crippen LogP contribution < -0.4 is 16.6 Å². The van der Waals surface area contributed by atoms with Crippen molar-refractivity contribution < 1.29 is 4.39 Å². The third-order valence-electron chi connectivity index (χ3n) is 2.96. The molecule has 1 fully saturated rings. The maximum atomic E-state index is 13.6. The molecule has 4 heteroatoms. The fourth-order valence-corrected chi connectivity index (χ4v) is 2.14. The summed E-state index contributed by atoms with van der Waals surface area (Å²) in [4.78, 5) is 0. The molecule has 3 nitrogen and oxygen atoms in total. The van der Waals surface area contributed by atoms with Crippen LogP contribution in [0.3, 0.4) is 0 Å².